The minimum atomic E-state index is 0.356. The lowest BCUT2D eigenvalue weighted by atomic mass is 9.83. The molecular formula is C14H28N2O. The number of rotatable bonds is 4. The smallest absolute Gasteiger partial charge is 0.0502 e. The molecule has 1 saturated heterocycles. The van der Waals surface area contributed by atoms with E-state index < -0.39 is 0 Å². The van der Waals surface area contributed by atoms with E-state index in [0.717, 1.165) is 12.5 Å². The Morgan fingerprint density at radius 1 is 1.35 bits per heavy atom. The Morgan fingerprint density at radius 2 is 2.18 bits per heavy atom. The van der Waals surface area contributed by atoms with Gasteiger partial charge < -0.3 is 15.4 Å². The maximum atomic E-state index is 6.27. The fraction of sp³-hybridized carbons (Fsp3) is 1.00. The number of likely N-dealkylation sites (tertiary alicyclic amines) is 1. The van der Waals surface area contributed by atoms with Gasteiger partial charge in [-0.1, -0.05) is 13.3 Å². The van der Waals surface area contributed by atoms with Gasteiger partial charge in [0.1, 0.15) is 0 Å². The van der Waals surface area contributed by atoms with Crippen LogP contribution in [0.2, 0.25) is 0 Å². The summed E-state index contributed by atoms with van der Waals surface area (Å²) in [6.07, 6.45) is 6.48. The molecule has 17 heavy (non-hydrogen) atoms. The van der Waals surface area contributed by atoms with Crippen molar-refractivity contribution in [2.24, 2.45) is 17.1 Å². The Hall–Kier alpha value is -0.120. The summed E-state index contributed by atoms with van der Waals surface area (Å²) in [6.45, 7) is 6.94. The molecule has 0 aromatic rings. The maximum absolute atomic E-state index is 6.27. The van der Waals surface area contributed by atoms with Crippen molar-refractivity contribution in [1.82, 2.24) is 4.90 Å². The van der Waals surface area contributed by atoms with Gasteiger partial charge in [0.2, 0.25) is 0 Å². The zero-order chi connectivity index (χ0) is 12.3. The van der Waals surface area contributed by atoms with Crippen molar-refractivity contribution in [2.75, 3.05) is 33.4 Å². The molecule has 3 heteroatoms. The average molecular weight is 240 g/mol. The molecule has 2 aliphatic rings. The summed E-state index contributed by atoms with van der Waals surface area (Å²) in [6, 6.07) is 0.408. The van der Waals surface area contributed by atoms with E-state index in [1.54, 1.807) is 0 Å². The summed E-state index contributed by atoms with van der Waals surface area (Å²) in [5, 5.41) is 0. The van der Waals surface area contributed by atoms with Gasteiger partial charge in [0.25, 0.3) is 0 Å². The van der Waals surface area contributed by atoms with E-state index in [9.17, 15) is 0 Å². The van der Waals surface area contributed by atoms with Gasteiger partial charge in [-0.3, -0.25) is 0 Å². The van der Waals surface area contributed by atoms with Crippen molar-refractivity contribution in [3.63, 3.8) is 0 Å². The highest BCUT2D eigenvalue weighted by atomic mass is 16.5. The first-order valence-electron chi connectivity index (χ1n) is 7.11. The molecule has 100 valence electrons. The first kappa shape index (κ1) is 13.3. The zero-order valence-corrected chi connectivity index (χ0v) is 11.5. The zero-order valence-electron chi connectivity index (χ0n) is 11.5. The molecule has 3 nitrogen and oxygen atoms in total. The van der Waals surface area contributed by atoms with Crippen LogP contribution in [0.4, 0.5) is 0 Å². The van der Waals surface area contributed by atoms with Crippen molar-refractivity contribution >= 4 is 0 Å². The maximum Gasteiger partial charge on any atom is 0.0502 e. The second-order valence-electron chi connectivity index (χ2n) is 6.35. The van der Waals surface area contributed by atoms with E-state index in [4.69, 9.17) is 10.5 Å². The molecule has 3 unspecified atom stereocenters. The van der Waals surface area contributed by atoms with Crippen LogP contribution in [0.5, 0.6) is 0 Å². The van der Waals surface area contributed by atoms with Crippen LogP contribution in [0.1, 0.15) is 39.0 Å². The van der Waals surface area contributed by atoms with E-state index in [0.29, 0.717) is 11.5 Å². The highest BCUT2D eigenvalue weighted by Gasteiger charge is 2.38. The molecule has 0 spiro atoms. The Balaban J connectivity index is 1.85. The van der Waals surface area contributed by atoms with Crippen LogP contribution in [0.15, 0.2) is 0 Å². The normalized spacial score (nSPS) is 39.7. The van der Waals surface area contributed by atoms with Gasteiger partial charge in [-0.15, -0.1) is 0 Å². The lowest BCUT2D eigenvalue weighted by Gasteiger charge is -2.39. The van der Waals surface area contributed by atoms with Crippen LogP contribution in [0.3, 0.4) is 0 Å². The van der Waals surface area contributed by atoms with Gasteiger partial charge in [0.05, 0.1) is 6.61 Å². The van der Waals surface area contributed by atoms with Gasteiger partial charge in [0.15, 0.2) is 0 Å². The standard InChI is InChI=1S/C14H28N2O/c1-14(7-3-6-13(14)15)11-16-8-4-5-12(9-16)10-17-2/h12-13H,3-11,15H2,1-2H3. The van der Waals surface area contributed by atoms with E-state index >= 15 is 0 Å². The monoisotopic (exact) mass is 240 g/mol. The number of nitrogens with zero attached hydrogens (tertiary/aromatic N) is 1. The van der Waals surface area contributed by atoms with E-state index in [-0.39, 0.29) is 0 Å². The van der Waals surface area contributed by atoms with Gasteiger partial charge in [-0.25, -0.2) is 0 Å². The average Bonchev–Trinajstić information content (AvgIpc) is 2.60. The van der Waals surface area contributed by atoms with Crippen LogP contribution in [0, 0.1) is 11.3 Å². The molecular weight excluding hydrogens is 212 g/mol. The lowest BCUT2D eigenvalue weighted by molar-refractivity contribution is 0.0643. The number of hydrogen-bond donors (Lipinski definition) is 1. The number of ether oxygens (including phenoxy) is 1. The van der Waals surface area contributed by atoms with Crippen molar-refractivity contribution in [3.05, 3.63) is 0 Å². The first-order chi connectivity index (χ1) is 8.14. The topological polar surface area (TPSA) is 38.5 Å². The van der Waals surface area contributed by atoms with Crippen molar-refractivity contribution in [2.45, 2.75) is 45.1 Å². The molecule has 1 heterocycles. The van der Waals surface area contributed by atoms with Crippen LogP contribution >= 0.6 is 0 Å². The van der Waals surface area contributed by atoms with Crippen LogP contribution in [0.25, 0.3) is 0 Å². The van der Waals surface area contributed by atoms with Crippen LogP contribution in [-0.4, -0.2) is 44.3 Å². The van der Waals surface area contributed by atoms with Crippen molar-refractivity contribution < 1.29 is 4.74 Å². The Bertz CT molecular complexity index is 244. The number of hydrogen-bond acceptors (Lipinski definition) is 3. The number of piperidine rings is 1. The second kappa shape index (κ2) is 5.68. The molecule has 3 atom stereocenters. The van der Waals surface area contributed by atoms with Gasteiger partial charge >= 0.3 is 0 Å². The Morgan fingerprint density at radius 3 is 2.82 bits per heavy atom. The van der Waals surface area contributed by atoms with E-state index in [1.165, 1.54) is 51.7 Å². The molecule has 0 aromatic carbocycles. The third-order valence-corrected chi connectivity index (χ3v) is 4.75. The minimum Gasteiger partial charge on any atom is -0.384 e. The fourth-order valence-electron chi connectivity index (χ4n) is 3.63. The Kier molecular flexibility index (Phi) is 4.45. The number of nitrogens with two attached hydrogens (primary N) is 1. The van der Waals surface area contributed by atoms with Crippen LogP contribution in [-0.2, 0) is 4.74 Å². The summed E-state index contributed by atoms with van der Waals surface area (Å²) in [5.74, 6) is 0.731. The molecule has 1 aliphatic heterocycles. The molecule has 0 amide bonds. The molecule has 2 rings (SSSR count). The largest absolute Gasteiger partial charge is 0.384 e. The highest BCUT2D eigenvalue weighted by molar-refractivity contribution is 4.94. The Labute approximate surface area is 106 Å². The predicted octanol–water partition coefficient (Wildman–Crippen LogP) is 1.86. The summed E-state index contributed by atoms with van der Waals surface area (Å²) in [4.78, 5) is 2.62. The molecule has 1 saturated carbocycles. The molecule has 0 aromatic heterocycles. The third kappa shape index (κ3) is 3.21. The first-order valence-corrected chi connectivity index (χ1v) is 7.11. The lowest BCUT2D eigenvalue weighted by Crippen LogP contribution is -2.47. The van der Waals surface area contributed by atoms with Gasteiger partial charge in [-0.05, 0) is 43.6 Å². The summed E-state index contributed by atoms with van der Waals surface area (Å²) in [5.41, 5.74) is 6.63. The molecule has 1 aliphatic carbocycles. The highest BCUT2D eigenvalue weighted by Crippen LogP contribution is 2.38. The summed E-state index contributed by atoms with van der Waals surface area (Å²) >= 11 is 0. The summed E-state index contributed by atoms with van der Waals surface area (Å²) in [7, 11) is 1.81. The SMILES string of the molecule is COCC1CCCN(CC2(C)CCCC2N)C1. The second-order valence-corrected chi connectivity index (χ2v) is 6.35. The van der Waals surface area contributed by atoms with Gasteiger partial charge in [-0.2, -0.15) is 0 Å². The molecule has 0 radical (unpaired) electrons. The molecule has 0 bridgehead atoms. The quantitative estimate of drug-likeness (QED) is 0.815. The van der Waals surface area contributed by atoms with Gasteiger partial charge in [0, 0.05) is 26.2 Å². The third-order valence-electron chi connectivity index (χ3n) is 4.75. The van der Waals surface area contributed by atoms with E-state index in [2.05, 4.69) is 11.8 Å². The van der Waals surface area contributed by atoms with E-state index in [1.807, 2.05) is 7.11 Å². The molecule has 2 fully saturated rings. The molecule has 2 N–H and O–H groups in total. The fourth-order valence-corrected chi connectivity index (χ4v) is 3.63. The summed E-state index contributed by atoms with van der Waals surface area (Å²) < 4.78 is 5.29. The van der Waals surface area contributed by atoms with Crippen molar-refractivity contribution in [3.8, 4) is 0 Å². The van der Waals surface area contributed by atoms with Crippen molar-refractivity contribution in [1.29, 1.82) is 0 Å². The minimum absolute atomic E-state index is 0.356. The van der Waals surface area contributed by atoms with Crippen LogP contribution < -0.4 is 5.73 Å². The predicted molar refractivity (Wildman–Crippen MR) is 71.0 cm³/mol. The number of methoxy groups -OCH3 is 1.